The van der Waals surface area contributed by atoms with Crippen molar-refractivity contribution in [1.82, 2.24) is 24.8 Å². The summed E-state index contributed by atoms with van der Waals surface area (Å²) in [5.74, 6) is 2.07. The van der Waals surface area contributed by atoms with E-state index in [2.05, 4.69) is 46.6 Å². The monoisotopic (exact) mass is 354 g/mol. The van der Waals surface area contributed by atoms with Crippen LogP contribution in [0.25, 0.3) is 0 Å². The first kappa shape index (κ1) is 17.5. The van der Waals surface area contributed by atoms with Crippen molar-refractivity contribution >= 4 is 5.82 Å². The maximum absolute atomic E-state index is 4.83. The van der Waals surface area contributed by atoms with Crippen molar-refractivity contribution in [3.05, 3.63) is 35.3 Å². The molecule has 2 aromatic rings. The SMILES string of the molecule is CCCc1nc(C)cc(N2CCC3(CC2)c2nc[nH]c2CCN3CC)n1. The highest BCUT2D eigenvalue weighted by molar-refractivity contribution is 5.42. The van der Waals surface area contributed by atoms with Gasteiger partial charge in [0.25, 0.3) is 0 Å². The van der Waals surface area contributed by atoms with Gasteiger partial charge in [-0.3, -0.25) is 4.90 Å². The fraction of sp³-hybridized carbons (Fsp3) is 0.650. The second-order valence-electron chi connectivity index (χ2n) is 7.61. The first-order valence-electron chi connectivity index (χ1n) is 10.0. The molecule has 4 rings (SSSR count). The summed E-state index contributed by atoms with van der Waals surface area (Å²) >= 11 is 0. The van der Waals surface area contributed by atoms with E-state index in [1.165, 1.54) is 11.4 Å². The molecule has 0 atom stereocenters. The molecule has 0 aromatic carbocycles. The number of nitrogens with zero attached hydrogens (tertiary/aromatic N) is 5. The smallest absolute Gasteiger partial charge is 0.132 e. The Bertz CT molecular complexity index is 759. The molecule has 2 aliphatic rings. The molecular weight excluding hydrogens is 324 g/mol. The van der Waals surface area contributed by atoms with Crippen LogP contribution in [0, 0.1) is 6.92 Å². The number of aromatic nitrogens is 4. The van der Waals surface area contributed by atoms with E-state index in [4.69, 9.17) is 9.97 Å². The van der Waals surface area contributed by atoms with Gasteiger partial charge in [-0.1, -0.05) is 13.8 Å². The largest absolute Gasteiger partial charge is 0.356 e. The van der Waals surface area contributed by atoms with E-state index < -0.39 is 0 Å². The molecule has 0 bridgehead atoms. The molecule has 1 fully saturated rings. The van der Waals surface area contributed by atoms with Crippen LogP contribution in [-0.2, 0) is 18.4 Å². The average Bonchev–Trinajstić information content (AvgIpc) is 3.12. The summed E-state index contributed by atoms with van der Waals surface area (Å²) in [6, 6.07) is 2.13. The molecule has 1 saturated heterocycles. The van der Waals surface area contributed by atoms with Crippen LogP contribution in [0.3, 0.4) is 0 Å². The van der Waals surface area contributed by atoms with Crippen LogP contribution < -0.4 is 4.90 Å². The summed E-state index contributed by atoms with van der Waals surface area (Å²) in [6.07, 6.45) is 7.20. The summed E-state index contributed by atoms with van der Waals surface area (Å²) in [6.45, 7) is 10.8. The Balaban J connectivity index is 1.58. The van der Waals surface area contributed by atoms with Crippen molar-refractivity contribution in [3.8, 4) is 0 Å². The number of rotatable bonds is 4. The molecule has 4 heterocycles. The fourth-order valence-corrected chi connectivity index (χ4v) is 4.75. The first-order chi connectivity index (χ1) is 12.7. The van der Waals surface area contributed by atoms with Crippen molar-refractivity contribution in [3.63, 3.8) is 0 Å². The number of aromatic amines is 1. The van der Waals surface area contributed by atoms with Crippen LogP contribution in [-0.4, -0.2) is 51.0 Å². The van der Waals surface area contributed by atoms with Gasteiger partial charge in [-0.05, 0) is 32.7 Å². The molecule has 26 heavy (non-hydrogen) atoms. The molecule has 0 radical (unpaired) electrons. The van der Waals surface area contributed by atoms with Gasteiger partial charge >= 0.3 is 0 Å². The lowest BCUT2D eigenvalue weighted by Crippen LogP contribution is -2.56. The van der Waals surface area contributed by atoms with Crippen LogP contribution in [0.2, 0.25) is 0 Å². The van der Waals surface area contributed by atoms with Crippen LogP contribution >= 0.6 is 0 Å². The highest BCUT2D eigenvalue weighted by atomic mass is 15.3. The van der Waals surface area contributed by atoms with Gasteiger partial charge < -0.3 is 9.88 Å². The Morgan fingerprint density at radius 3 is 2.69 bits per heavy atom. The predicted octanol–water partition coefficient (Wildman–Crippen LogP) is 2.83. The maximum Gasteiger partial charge on any atom is 0.132 e. The summed E-state index contributed by atoms with van der Waals surface area (Å²) < 4.78 is 0. The fourth-order valence-electron chi connectivity index (χ4n) is 4.75. The maximum atomic E-state index is 4.83. The Kier molecular flexibility index (Phi) is 4.69. The van der Waals surface area contributed by atoms with Gasteiger partial charge in [-0.15, -0.1) is 0 Å². The molecule has 1 N–H and O–H groups in total. The third kappa shape index (κ3) is 2.90. The number of hydrogen-bond donors (Lipinski definition) is 1. The normalized spacial score (nSPS) is 19.7. The molecule has 6 heteroatoms. The van der Waals surface area contributed by atoms with E-state index in [9.17, 15) is 0 Å². The molecule has 6 nitrogen and oxygen atoms in total. The number of imidazole rings is 1. The van der Waals surface area contributed by atoms with Crippen LogP contribution in [0.1, 0.15) is 56.0 Å². The van der Waals surface area contributed by atoms with Crippen LogP contribution in [0.5, 0.6) is 0 Å². The van der Waals surface area contributed by atoms with Crippen molar-refractivity contribution in [2.24, 2.45) is 0 Å². The number of fused-ring (bicyclic) bond motifs is 2. The second-order valence-corrected chi connectivity index (χ2v) is 7.61. The molecule has 0 amide bonds. The van der Waals surface area contributed by atoms with Gasteiger partial charge in [0, 0.05) is 49.9 Å². The second kappa shape index (κ2) is 6.99. The zero-order valence-corrected chi connectivity index (χ0v) is 16.3. The van der Waals surface area contributed by atoms with Crippen molar-refractivity contribution in [2.75, 3.05) is 31.1 Å². The third-order valence-corrected chi connectivity index (χ3v) is 6.05. The van der Waals surface area contributed by atoms with E-state index in [0.717, 1.165) is 75.6 Å². The van der Waals surface area contributed by atoms with Gasteiger partial charge in [-0.25, -0.2) is 15.0 Å². The lowest BCUT2D eigenvalue weighted by Gasteiger charge is -2.50. The van der Waals surface area contributed by atoms with E-state index in [1.807, 2.05) is 6.33 Å². The van der Waals surface area contributed by atoms with Gasteiger partial charge in [0.2, 0.25) is 0 Å². The quantitative estimate of drug-likeness (QED) is 0.915. The van der Waals surface area contributed by atoms with E-state index >= 15 is 0 Å². The number of hydrogen-bond acceptors (Lipinski definition) is 5. The zero-order valence-electron chi connectivity index (χ0n) is 16.3. The van der Waals surface area contributed by atoms with Crippen molar-refractivity contribution in [2.45, 2.75) is 58.4 Å². The van der Waals surface area contributed by atoms with Gasteiger partial charge in [0.05, 0.1) is 17.6 Å². The standard InChI is InChI=1S/C20H30N6/c1-4-6-17-23-15(3)13-18(24-17)25-11-8-20(9-12-25)19-16(21-14-22-19)7-10-26(20)5-2/h13-14H,4-12H2,1-3H3,(H,21,22). The first-order valence-corrected chi connectivity index (χ1v) is 10.0. The van der Waals surface area contributed by atoms with Crippen LogP contribution in [0.15, 0.2) is 12.4 Å². The highest BCUT2D eigenvalue weighted by Crippen LogP contribution is 2.42. The number of anilines is 1. The Morgan fingerprint density at radius 1 is 1.15 bits per heavy atom. The zero-order chi connectivity index (χ0) is 18.1. The summed E-state index contributed by atoms with van der Waals surface area (Å²) in [7, 11) is 0. The molecule has 2 aliphatic heterocycles. The number of aryl methyl sites for hydroxylation is 2. The molecule has 140 valence electrons. The van der Waals surface area contributed by atoms with Gasteiger partial charge in [0.15, 0.2) is 0 Å². The molecule has 0 aliphatic carbocycles. The van der Waals surface area contributed by atoms with Crippen molar-refractivity contribution < 1.29 is 0 Å². The lowest BCUT2D eigenvalue weighted by atomic mass is 9.78. The number of nitrogens with one attached hydrogen (secondary N) is 1. The minimum absolute atomic E-state index is 0.0904. The Morgan fingerprint density at radius 2 is 1.96 bits per heavy atom. The minimum atomic E-state index is 0.0904. The summed E-state index contributed by atoms with van der Waals surface area (Å²) in [5, 5.41) is 0. The van der Waals surface area contributed by atoms with E-state index in [-0.39, 0.29) is 5.54 Å². The van der Waals surface area contributed by atoms with Crippen LogP contribution in [0.4, 0.5) is 5.82 Å². The summed E-state index contributed by atoms with van der Waals surface area (Å²) in [4.78, 5) is 22.6. The number of H-pyrrole nitrogens is 1. The third-order valence-electron chi connectivity index (χ3n) is 6.05. The summed E-state index contributed by atoms with van der Waals surface area (Å²) in [5.41, 5.74) is 3.79. The molecular formula is C20H30N6. The minimum Gasteiger partial charge on any atom is -0.356 e. The van der Waals surface area contributed by atoms with Gasteiger partial charge in [-0.2, -0.15) is 0 Å². The molecule has 0 unspecified atom stereocenters. The Labute approximate surface area is 156 Å². The van der Waals surface area contributed by atoms with Gasteiger partial charge in [0.1, 0.15) is 11.6 Å². The van der Waals surface area contributed by atoms with Crippen molar-refractivity contribution in [1.29, 1.82) is 0 Å². The van der Waals surface area contributed by atoms with E-state index in [0.29, 0.717) is 0 Å². The lowest BCUT2D eigenvalue weighted by molar-refractivity contribution is 0.0496. The average molecular weight is 355 g/mol. The highest BCUT2D eigenvalue weighted by Gasteiger charge is 2.46. The predicted molar refractivity (Wildman–Crippen MR) is 103 cm³/mol. The van der Waals surface area contributed by atoms with E-state index in [1.54, 1.807) is 0 Å². The Hall–Kier alpha value is -1.95. The number of likely N-dealkylation sites (N-methyl/N-ethyl adjacent to an activating group) is 1. The topological polar surface area (TPSA) is 60.9 Å². The molecule has 1 spiro atoms. The number of piperidine rings is 1. The molecule has 0 saturated carbocycles. The molecule has 2 aromatic heterocycles.